The van der Waals surface area contributed by atoms with E-state index in [-0.39, 0.29) is 34.0 Å². The van der Waals surface area contributed by atoms with Crippen molar-refractivity contribution >= 4 is 16.8 Å². The molecule has 0 atom stereocenters. The molecule has 168 valence electrons. The van der Waals surface area contributed by atoms with Crippen LogP contribution in [0.4, 0.5) is 4.39 Å². The highest BCUT2D eigenvalue weighted by atomic mass is 19.1. The van der Waals surface area contributed by atoms with Crippen LogP contribution >= 0.6 is 0 Å². The molecule has 1 amide bonds. The average molecular weight is 445 g/mol. The molecule has 0 radical (unpaired) electrons. The van der Waals surface area contributed by atoms with Gasteiger partial charge in [0.2, 0.25) is 0 Å². The molecule has 0 unspecified atom stereocenters. The van der Waals surface area contributed by atoms with Crippen LogP contribution in [0.15, 0.2) is 65.5 Å². The molecule has 4 aromatic rings. The number of rotatable bonds is 6. The highest BCUT2D eigenvalue weighted by Gasteiger charge is 2.20. The van der Waals surface area contributed by atoms with Gasteiger partial charge in [0.1, 0.15) is 22.8 Å². The second-order valence-electron chi connectivity index (χ2n) is 7.90. The fourth-order valence-corrected chi connectivity index (χ4v) is 3.69. The number of hydrogen-bond acceptors (Lipinski definition) is 4. The van der Waals surface area contributed by atoms with E-state index >= 15 is 0 Å². The lowest BCUT2D eigenvalue weighted by Crippen LogP contribution is -2.26. The standard InChI is InChI=1S/C26H24FN3O3/c1-16-4-6-18(7-5-16)15-28-25(31)20-12-13-21-23(24(20)33-3)26(32)30(2)22(29-21)14-17-8-10-19(27)11-9-17/h4-13H,14-15H2,1-3H3,(H,28,31). The highest BCUT2D eigenvalue weighted by Crippen LogP contribution is 2.27. The summed E-state index contributed by atoms with van der Waals surface area (Å²) in [6.07, 6.45) is 0.364. The van der Waals surface area contributed by atoms with E-state index in [0.717, 1.165) is 16.7 Å². The van der Waals surface area contributed by atoms with Crippen molar-refractivity contribution in [2.75, 3.05) is 7.11 Å². The predicted molar refractivity (Wildman–Crippen MR) is 125 cm³/mol. The van der Waals surface area contributed by atoms with Crippen LogP contribution in [0.5, 0.6) is 5.75 Å². The van der Waals surface area contributed by atoms with E-state index in [2.05, 4.69) is 10.3 Å². The molecule has 3 aromatic carbocycles. The molecule has 0 aliphatic carbocycles. The van der Waals surface area contributed by atoms with E-state index in [1.807, 2.05) is 31.2 Å². The van der Waals surface area contributed by atoms with Gasteiger partial charge in [-0.25, -0.2) is 9.37 Å². The molecular formula is C26H24FN3O3. The molecule has 0 fully saturated rings. The van der Waals surface area contributed by atoms with Gasteiger partial charge in [-0.15, -0.1) is 0 Å². The number of amides is 1. The maximum absolute atomic E-state index is 13.2. The molecule has 0 bridgehead atoms. The van der Waals surface area contributed by atoms with Gasteiger partial charge in [0.25, 0.3) is 11.5 Å². The Morgan fingerprint density at radius 3 is 2.36 bits per heavy atom. The van der Waals surface area contributed by atoms with E-state index < -0.39 is 0 Å². The van der Waals surface area contributed by atoms with Crippen LogP contribution in [0.2, 0.25) is 0 Å². The van der Waals surface area contributed by atoms with Crippen LogP contribution in [0, 0.1) is 12.7 Å². The van der Waals surface area contributed by atoms with Gasteiger partial charge in [-0.1, -0.05) is 42.0 Å². The second kappa shape index (κ2) is 9.24. The van der Waals surface area contributed by atoms with Gasteiger partial charge in [-0.2, -0.15) is 0 Å². The van der Waals surface area contributed by atoms with Crippen molar-refractivity contribution in [3.63, 3.8) is 0 Å². The minimum Gasteiger partial charge on any atom is -0.495 e. The molecule has 7 heteroatoms. The molecular weight excluding hydrogens is 421 g/mol. The number of carbonyl (C=O) groups excluding carboxylic acids is 1. The Bertz CT molecular complexity index is 1380. The minimum atomic E-state index is -0.341. The lowest BCUT2D eigenvalue weighted by atomic mass is 10.1. The number of nitrogens with zero attached hydrogens (tertiary/aromatic N) is 2. The Morgan fingerprint density at radius 2 is 1.70 bits per heavy atom. The zero-order chi connectivity index (χ0) is 23.5. The second-order valence-corrected chi connectivity index (χ2v) is 7.90. The van der Waals surface area contributed by atoms with Crippen LogP contribution in [0.1, 0.15) is 32.9 Å². The van der Waals surface area contributed by atoms with Gasteiger partial charge in [0.15, 0.2) is 0 Å². The van der Waals surface area contributed by atoms with Crippen LogP contribution in [0.3, 0.4) is 0 Å². The summed E-state index contributed by atoms with van der Waals surface area (Å²) in [5, 5.41) is 3.12. The summed E-state index contributed by atoms with van der Waals surface area (Å²) >= 11 is 0. The summed E-state index contributed by atoms with van der Waals surface area (Å²) in [6.45, 7) is 2.36. The van der Waals surface area contributed by atoms with Crippen LogP contribution in [0.25, 0.3) is 10.9 Å². The Kier molecular flexibility index (Phi) is 6.22. The third kappa shape index (κ3) is 4.62. The third-order valence-electron chi connectivity index (χ3n) is 5.59. The normalized spacial score (nSPS) is 10.9. The van der Waals surface area contributed by atoms with Gasteiger partial charge in [0, 0.05) is 20.0 Å². The van der Waals surface area contributed by atoms with Crippen molar-refractivity contribution in [2.24, 2.45) is 7.05 Å². The Morgan fingerprint density at radius 1 is 1.03 bits per heavy atom. The fourth-order valence-electron chi connectivity index (χ4n) is 3.69. The van der Waals surface area contributed by atoms with E-state index in [9.17, 15) is 14.0 Å². The maximum Gasteiger partial charge on any atom is 0.264 e. The first-order chi connectivity index (χ1) is 15.9. The summed E-state index contributed by atoms with van der Waals surface area (Å²) < 4.78 is 20.1. The number of hydrogen-bond donors (Lipinski definition) is 1. The lowest BCUT2D eigenvalue weighted by Gasteiger charge is -2.14. The van der Waals surface area contributed by atoms with E-state index in [1.165, 1.54) is 23.8 Å². The van der Waals surface area contributed by atoms with Crippen molar-refractivity contribution < 1.29 is 13.9 Å². The molecule has 1 heterocycles. The molecule has 0 aliphatic heterocycles. The maximum atomic E-state index is 13.2. The molecule has 0 saturated heterocycles. The minimum absolute atomic E-state index is 0.190. The third-order valence-corrected chi connectivity index (χ3v) is 5.59. The number of ether oxygens (including phenoxy) is 1. The molecule has 0 saturated carbocycles. The lowest BCUT2D eigenvalue weighted by molar-refractivity contribution is 0.0948. The first kappa shape index (κ1) is 22.2. The zero-order valence-electron chi connectivity index (χ0n) is 18.7. The Hall–Kier alpha value is -4.00. The average Bonchev–Trinajstić information content (AvgIpc) is 2.82. The number of methoxy groups -OCH3 is 1. The number of fused-ring (bicyclic) bond motifs is 1. The first-order valence-corrected chi connectivity index (χ1v) is 10.5. The van der Waals surface area contributed by atoms with Gasteiger partial charge < -0.3 is 10.1 Å². The number of halogens is 1. The predicted octanol–water partition coefficient (Wildman–Crippen LogP) is 3.91. The summed E-state index contributed by atoms with van der Waals surface area (Å²) in [4.78, 5) is 30.7. The Balaban J connectivity index is 1.67. The SMILES string of the molecule is COc1c(C(=O)NCc2ccc(C)cc2)ccc2nc(Cc3ccc(F)cc3)n(C)c(=O)c12. The molecule has 0 spiro atoms. The quantitative estimate of drug-likeness (QED) is 0.488. The molecule has 4 rings (SSSR count). The number of nitrogens with one attached hydrogen (secondary N) is 1. The molecule has 33 heavy (non-hydrogen) atoms. The van der Waals surface area contributed by atoms with E-state index in [1.54, 1.807) is 31.3 Å². The summed E-state index contributed by atoms with van der Waals surface area (Å²) in [7, 11) is 3.05. The number of carbonyl (C=O) groups is 1. The summed E-state index contributed by atoms with van der Waals surface area (Å²) in [5.74, 6) is 0.0527. The van der Waals surface area contributed by atoms with Crippen LogP contribution < -0.4 is 15.6 Å². The Labute approximate surface area is 190 Å². The molecule has 1 aromatic heterocycles. The van der Waals surface area contributed by atoms with E-state index in [4.69, 9.17) is 4.74 Å². The van der Waals surface area contributed by atoms with Crippen molar-refractivity contribution in [3.05, 3.63) is 105 Å². The molecule has 0 aliphatic rings. The van der Waals surface area contributed by atoms with Crippen LogP contribution in [-0.2, 0) is 20.0 Å². The monoisotopic (exact) mass is 445 g/mol. The zero-order valence-corrected chi connectivity index (χ0v) is 18.7. The van der Waals surface area contributed by atoms with Gasteiger partial charge in [-0.3, -0.25) is 14.2 Å². The first-order valence-electron chi connectivity index (χ1n) is 10.5. The fraction of sp³-hybridized carbons (Fsp3) is 0.192. The van der Waals surface area contributed by atoms with Crippen molar-refractivity contribution in [2.45, 2.75) is 19.9 Å². The van der Waals surface area contributed by atoms with Gasteiger partial charge in [0.05, 0.1) is 18.2 Å². The van der Waals surface area contributed by atoms with E-state index in [0.29, 0.717) is 24.3 Å². The number of benzene rings is 3. The van der Waals surface area contributed by atoms with Crippen molar-refractivity contribution in [1.29, 1.82) is 0 Å². The number of aryl methyl sites for hydroxylation is 1. The molecule has 6 nitrogen and oxygen atoms in total. The van der Waals surface area contributed by atoms with Crippen LogP contribution in [-0.4, -0.2) is 22.6 Å². The van der Waals surface area contributed by atoms with Gasteiger partial charge >= 0.3 is 0 Å². The number of aromatic nitrogens is 2. The van der Waals surface area contributed by atoms with Crippen molar-refractivity contribution in [3.8, 4) is 5.75 Å². The largest absolute Gasteiger partial charge is 0.495 e. The highest BCUT2D eigenvalue weighted by molar-refractivity contribution is 6.02. The summed E-state index contributed by atoms with van der Waals surface area (Å²) in [6, 6.07) is 17.2. The van der Waals surface area contributed by atoms with Gasteiger partial charge in [-0.05, 0) is 42.3 Å². The summed E-state index contributed by atoms with van der Waals surface area (Å²) in [5.41, 5.74) is 3.32. The smallest absolute Gasteiger partial charge is 0.264 e. The topological polar surface area (TPSA) is 73.2 Å². The van der Waals surface area contributed by atoms with Crippen molar-refractivity contribution in [1.82, 2.24) is 14.9 Å². The molecule has 1 N–H and O–H groups in total.